The molecular weight excluding hydrogens is 222 g/mol. The number of hydrogen-bond acceptors (Lipinski definition) is 2. The molecule has 92 valence electrons. The average molecular weight is 239 g/mol. The summed E-state index contributed by atoms with van der Waals surface area (Å²) in [6.45, 7) is 1.60. The van der Waals surface area contributed by atoms with Crippen LogP contribution in [-0.2, 0) is 4.79 Å². The zero-order valence-electron chi connectivity index (χ0n) is 10.8. The number of likely N-dealkylation sites (N-methyl/N-ethyl adjacent to an activating group) is 1. The summed E-state index contributed by atoms with van der Waals surface area (Å²) in [7, 11) is 2.01. The third-order valence-electron chi connectivity index (χ3n) is 3.00. The van der Waals surface area contributed by atoms with Crippen LogP contribution in [-0.4, -0.2) is 12.8 Å². The molecule has 2 rings (SSSR count). The molecule has 1 aromatic carbocycles. The number of allylic oxidation sites excluding steroid dienone is 5. The van der Waals surface area contributed by atoms with E-state index in [1.165, 1.54) is 0 Å². The lowest BCUT2D eigenvalue weighted by atomic mass is 10.1. The number of benzene rings is 1. The van der Waals surface area contributed by atoms with Gasteiger partial charge in [0.15, 0.2) is 5.78 Å². The van der Waals surface area contributed by atoms with E-state index in [-0.39, 0.29) is 5.78 Å². The summed E-state index contributed by atoms with van der Waals surface area (Å²) in [6.07, 6.45) is 8.84. The highest BCUT2D eigenvalue weighted by Gasteiger charge is 2.09. The van der Waals surface area contributed by atoms with Gasteiger partial charge in [-0.25, -0.2) is 0 Å². The van der Waals surface area contributed by atoms with Crippen LogP contribution in [0.15, 0.2) is 65.9 Å². The third kappa shape index (κ3) is 2.77. The van der Waals surface area contributed by atoms with Crippen molar-refractivity contribution in [3.05, 3.63) is 65.9 Å². The number of carbonyl (C=O) groups is 1. The van der Waals surface area contributed by atoms with Gasteiger partial charge < -0.3 is 4.90 Å². The average Bonchev–Trinajstić information content (AvgIpc) is 2.65. The van der Waals surface area contributed by atoms with Gasteiger partial charge in [0, 0.05) is 24.0 Å². The monoisotopic (exact) mass is 239 g/mol. The topological polar surface area (TPSA) is 20.3 Å². The molecule has 0 heterocycles. The third-order valence-corrected chi connectivity index (χ3v) is 3.00. The lowest BCUT2D eigenvalue weighted by Crippen LogP contribution is -2.15. The Bertz CT molecular complexity index is 523. The van der Waals surface area contributed by atoms with Gasteiger partial charge in [0.25, 0.3) is 0 Å². The largest absolute Gasteiger partial charge is 0.345 e. The summed E-state index contributed by atoms with van der Waals surface area (Å²) in [5.74, 6) is 0.109. The van der Waals surface area contributed by atoms with Gasteiger partial charge in [0.2, 0.25) is 0 Å². The number of carbonyl (C=O) groups excluding carboxylic acids is 1. The smallest absolute Gasteiger partial charge is 0.159 e. The Labute approximate surface area is 108 Å². The number of anilines is 1. The van der Waals surface area contributed by atoms with Crippen LogP contribution in [0.25, 0.3) is 0 Å². The molecule has 0 fully saturated rings. The molecule has 1 aliphatic rings. The fourth-order valence-corrected chi connectivity index (χ4v) is 1.90. The Hall–Kier alpha value is -2.09. The maximum Gasteiger partial charge on any atom is 0.159 e. The van der Waals surface area contributed by atoms with Gasteiger partial charge in [-0.3, -0.25) is 4.79 Å². The van der Waals surface area contributed by atoms with Crippen LogP contribution in [0.5, 0.6) is 0 Å². The van der Waals surface area contributed by atoms with E-state index in [4.69, 9.17) is 0 Å². The van der Waals surface area contributed by atoms with Gasteiger partial charge in [-0.05, 0) is 37.6 Å². The van der Waals surface area contributed by atoms with Gasteiger partial charge in [0.05, 0.1) is 0 Å². The van der Waals surface area contributed by atoms with E-state index in [1.807, 2.05) is 37.4 Å². The van der Waals surface area contributed by atoms with Crippen LogP contribution < -0.4 is 4.90 Å². The fraction of sp³-hybridized carbons (Fsp3) is 0.188. The number of rotatable bonds is 3. The molecule has 1 aromatic rings. The van der Waals surface area contributed by atoms with E-state index in [9.17, 15) is 4.79 Å². The molecule has 2 heteroatoms. The summed E-state index contributed by atoms with van der Waals surface area (Å²) in [5, 5.41) is 0. The zero-order chi connectivity index (χ0) is 13.0. The number of para-hydroxylation sites is 1. The molecule has 2 nitrogen and oxygen atoms in total. The Morgan fingerprint density at radius 2 is 1.94 bits per heavy atom. The minimum absolute atomic E-state index is 0.109. The van der Waals surface area contributed by atoms with Crippen molar-refractivity contribution in [2.75, 3.05) is 11.9 Å². The molecule has 0 saturated heterocycles. The Morgan fingerprint density at radius 3 is 2.61 bits per heavy atom. The first-order chi connectivity index (χ1) is 8.68. The molecule has 0 saturated carbocycles. The van der Waals surface area contributed by atoms with E-state index < -0.39 is 0 Å². The standard InChI is InChI=1S/C16H17NO/c1-13(18)14-8-6-7-11-16(12-14)17(2)15-9-4-3-5-10-15/h3-5,7-12H,6H2,1-2H3. The molecule has 0 aliphatic heterocycles. The first-order valence-electron chi connectivity index (χ1n) is 6.06. The maximum atomic E-state index is 11.5. The lowest BCUT2D eigenvalue weighted by molar-refractivity contribution is -0.113. The van der Waals surface area contributed by atoms with Gasteiger partial charge in [-0.1, -0.05) is 30.4 Å². The van der Waals surface area contributed by atoms with Crippen molar-refractivity contribution in [3.63, 3.8) is 0 Å². The van der Waals surface area contributed by atoms with Crippen LogP contribution in [0.4, 0.5) is 5.69 Å². The van der Waals surface area contributed by atoms with Crippen molar-refractivity contribution in [3.8, 4) is 0 Å². The van der Waals surface area contributed by atoms with Crippen molar-refractivity contribution in [2.24, 2.45) is 0 Å². The molecular formula is C16H17NO. The minimum Gasteiger partial charge on any atom is -0.345 e. The van der Waals surface area contributed by atoms with Gasteiger partial charge in [-0.2, -0.15) is 0 Å². The van der Waals surface area contributed by atoms with E-state index in [0.29, 0.717) is 0 Å². The summed E-state index contributed by atoms with van der Waals surface area (Å²) in [5.41, 5.74) is 2.91. The van der Waals surface area contributed by atoms with E-state index in [0.717, 1.165) is 23.4 Å². The highest BCUT2D eigenvalue weighted by atomic mass is 16.1. The molecule has 0 aromatic heterocycles. The lowest BCUT2D eigenvalue weighted by Gasteiger charge is -2.20. The van der Waals surface area contributed by atoms with Gasteiger partial charge in [-0.15, -0.1) is 0 Å². The predicted molar refractivity (Wildman–Crippen MR) is 75.4 cm³/mol. The Balaban J connectivity index is 2.32. The molecule has 0 spiro atoms. The van der Waals surface area contributed by atoms with Crippen molar-refractivity contribution < 1.29 is 4.79 Å². The van der Waals surface area contributed by atoms with Crippen molar-refractivity contribution in [1.82, 2.24) is 0 Å². The number of hydrogen-bond donors (Lipinski definition) is 0. The maximum absolute atomic E-state index is 11.5. The Kier molecular flexibility index (Phi) is 3.78. The zero-order valence-corrected chi connectivity index (χ0v) is 10.8. The number of Topliss-reactive ketones (excluding diaryl/α,β-unsaturated/α-hetero) is 1. The molecule has 0 atom stereocenters. The molecule has 0 radical (unpaired) electrons. The second kappa shape index (κ2) is 5.50. The van der Waals surface area contributed by atoms with E-state index in [1.54, 1.807) is 6.92 Å². The SMILES string of the molecule is CC(=O)C1=CCC=CC(N(C)c2ccccc2)=C1. The van der Waals surface area contributed by atoms with Gasteiger partial charge >= 0.3 is 0 Å². The van der Waals surface area contributed by atoms with Crippen molar-refractivity contribution in [1.29, 1.82) is 0 Å². The normalized spacial score (nSPS) is 14.6. The van der Waals surface area contributed by atoms with E-state index >= 15 is 0 Å². The fourth-order valence-electron chi connectivity index (χ4n) is 1.90. The highest BCUT2D eigenvalue weighted by Crippen LogP contribution is 2.21. The number of nitrogens with zero attached hydrogens (tertiary/aromatic N) is 1. The molecule has 18 heavy (non-hydrogen) atoms. The highest BCUT2D eigenvalue weighted by molar-refractivity contribution is 5.96. The van der Waals surface area contributed by atoms with Crippen LogP contribution in [0, 0.1) is 0 Å². The molecule has 0 unspecified atom stereocenters. The quantitative estimate of drug-likeness (QED) is 0.804. The predicted octanol–water partition coefficient (Wildman–Crippen LogP) is 3.48. The van der Waals surface area contributed by atoms with Crippen molar-refractivity contribution >= 4 is 11.5 Å². The van der Waals surface area contributed by atoms with Crippen LogP contribution in [0.3, 0.4) is 0 Å². The van der Waals surface area contributed by atoms with Crippen LogP contribution in [0.1, 0.15) is 13.3 Å². The summed E-state index contributed by atoms with van der Waals surface area (Å²) >= 11 is 0. The van der Waals surface area contributed by atoms with Crippen LogP contribution >= 0.6 is 0 Å². The van der Waals surface area contributed by atoms with Gasteiger partial charge in [0.1, 0.15) is 0 Å². The van der Waals surface area contributed by atoms with E-state index in [2.05, 4.69) is 29.2 Å². The van der Waals surface area contributed by atoms with Crippen molar-refractivity contribution in [2.45, 2.75) is 13.3 Å². The second-order valence-electron chi connectivity index (χ2n) is 4.32. The molecule has 0 amide bonds. The minimum atomic E-state index is 0.109. The van der Waals surface area contributed by atoms with Crippen LogP contribution in [0.2, 0.25) is 0 Å². The molecule has 0 bridgehead atoms. The first kappa shape index (κ1) is 12.4. The Morgan fingerprint density at radius 1 is 1.22 bits per heavy atom. The summed E-state index contributed by atoms with van der Waals surface area (Å²) < 4.78 is 0. The molecule has 0 N–H and O–H groups in total. The first-order valence-corrected chi connectivity index (χ1v) is 6.06. The second-order valence-corrected chi connectivity index (χ2v) is 4.32. The molecule has 1 aliphatic carbocycles. The summed E-state index contributed by atoms with van der Waals surface area (Å²) in [4.78, 5) is 13.6. The summed E-state index contributed by atoms with van der Waals surface area (Å²) in [6, 6.07) is 10.1. The number of ketones is 1.